The quantitative estimate of drug-likeness (QED) is 0.668. The van der Waals surface area contributed by atoms with Gasteiger partial charge in [-0.25, -0.2) is 18.1 Å². The van der Waals surface area contributed by atoms with Crippen molar-refractivity contribution in [2.24, 2.45) is 5.73 Å². The number of carbonyl (C=O) groups excluding carboxylic acids is 3. The molecule has 1 aliphatic carbocycles. The second kappa shape index (κ2) is 7.02. The second-order valence-electron chi connectivity index (χ2n) is 7.40. The first-order valence-electron chi connectivity index (χ1n) is 9.21. The summed E-state index contributed by atoms with van der Waals surface area (Å²) in [7, 11) is -5.56. The number of alkyl halides is 3. The van der Waals surface area contributed by atoms with Crippen molar-refractivity contribution in [1.29, 1.82) is 0 Å². The molecule has 4 rings (SSSR count). The maximum Gasteiger partial charge on any atom is 0.501 e. The smallest absolute Gasteiger partial charge is 0.364 e. The fraction of sp³-hybridized carbons (Fsp3) is 0.263. The van der Waals surface area contributed by atoms with Crippen LogP contribution < -0.4 is 10.6 Å². The number of amides is 4. The molecular formula is C19H15F3N4O5S. The Labute approximate surface area is 179 Å². The summed E-state index contributed by atoms with van der Waals surface area (Å²) in [5, 5.41) is 0. The lowest BCUT2D eigenvalue weighted by Crippen LogP contribution is -2.36. The van der Waals surface area contributed by atoms with Crippen LogP contribution in [0, 0.1) is 0 Å². The van der Waals surface area contributed by atoms with E-state index in [9.17, 15) is 36.0 Å². The average Bonchev–Trinajstić information content (AvgIpc) is 3.50. The number of nitrogens with zero attached hydrogens (tertiary/aromatic N) is 3. The molecule has 2 N–H and O–H groups in total. The molecule has 1 spiro atoms. The fourth-order valence-corrected chi connectivity index (χ4v) is 4.32. The summed E-state index contributed by atoms with van der Waals surface area (Å²) in [6.45, 7) is -0.0234. The largest absolute Gasteiger partial charge is 0.501 e. The molecule has 13 heteroatoms. The molecule has 1 aromatic carbocycles. The first-order chi connectivity index (χ1) is 14.9. The average molecular weight is 468 g/mol. The van der Waals surface area contributed by atoms with E-state index in [0.29, 0.717) is 30.5 Å². The summed E-state index contributed by atoms with van der Waals surface area (Å²) in [6.07, 6.45) is 2.12. The highest BCUT2D eigenvalue weighted by Gasteiger charge is 2.65. The molecule has 2 aromatic rings. The van der Waals surface area contributed by atoms with Gasteiger partial charge in [0.15, 0.2) is 0 Å². The Morgan fingerprint density at radius 1 is 1.12 bits per heavy atom. The van der Waals surface area contributed by atoms with Gasteiger partial charge in [0.05, 0.1) is 10.6 Å². The number of imide groups is 1. The van der Waals surface area contributed by atoms with Gasteiger partial charge in [-0.05, 0) is 54.8 Å². The van der Waals surface area contributed by atoms with E-state index in [1.54, 1.807) is 6.07 Å². The molecule has 0 atom stereocenters. The van der Waals surface area contributed by atoms with Crippen LogP contribution in [-0.4, -0.2) is 47.2 Å². The topological polar surface area (TPSA) is 131 Å². The molecular weight excluding hydrogens is 453 g/mol. The van der Waals surface area contributed by atoms with Gasteiger partial charge in [-0.1, -0.05) is 0 Å². The van der Waals surface area contributed by atoms with Crippen LogP contribution in [-0.2, 0) is 21.2 Å². The molecule has 2 fully saturated rings. The molecule has 9 nitrogen and oxygen atoms in total. The van der Waals surface area contributed by atoms with E-state index in [1.165, 1.54) is 17.2 Å². The van der Waals surface area contributed by atoms with Gasteiger partial charge in [0.2, 0.25) is 0 Å². The first kappa shape index (κ1) is 21.7. The number of halogens is 3. The van der Waals surface area contributed by atoms with Crippen LogP contribution in [0.5, 0.6) is 0 Å². The van der Waals surface area contributed by atoms with Gasteiger partial charge in [-0.15, -0.1) is 0 Å². The van der Waals surface area contributed by atoms with Crippen molar-refractivity contribution in [3.8, 4) is 0 Å². The van der Waals surface area contributed by atoms with E-state index in [-0.39, 0.29) is 17.9 Å². The number of sulfone groups is 1. The zero-order valence-corrected chi connectivity index (χ0v) is 17.0. The van der Waals surface area contributed by atoms with Crippen molar-refractivity contribution < 1.29 is 36.0 Å². The zero-order valence-electron chi connectivity index (χ0n) is 16.2. The molecule has 2 aliphatic rings. The van der Waals surface area contributed by atoms with Gasteiger partial charge >= 0.3 is 11.5 Å². The fourth-order valence-electron chi connectivity index (χ4n) is 3.56. The Hall–Kier alpha value is -3.48. The summed E-state index contributed by atoms with van der Waals surface area (Å²) in [5.74, 6) is -1.31. The lowest BCUT2D eigenvalue weighted by atomic mass is 10.1. The maximum absolute atomic E-state index is 13.1. The summed E-state index contributed by atoms with van der Waals surface area (Å²) in [6, 6.07) is 5.59. The van der Waals surface area contributed by atoms with Crippen LogP contribution >= 0.6 is 0 Å². The number of nitrogens with two attached hydrogens (primary N) is 1. The Balaban J connectivity index is 1.63. The van der Waals surface area contributed by atoms with E-state index < -0.39 is 43.6 Å². The lowest BCUT2D eigenvalue weighted by molar-refractivity contribution is -0.120. The number of urea groups is 1. The first-order valence-corrected chi connectivity index (χ1v) is 10.7. The Morgan fingerprint density at radius 3 is 2.28 bits per heavy atom. The van der Waals surface area contributed by atoms with E-state index in [0.717, 1.165) is 17.0 Å². The van der Waals surface area contributed by atoms with Crippen LogP contribution in [0.15, 0.2) is 47.5 Å². The molecule has 32 heavy (non-hydrogen) atoms. The summed E-state index contributed by atoms with van der Waals surface area (Å²) < 4.78 is 61.3. The third-order valence-electron chi connectivity index (χ3n) is 5.39. The number of anilines is 1. The van der Waals surface area contributed by atoms with Crippen LogP contribution in [0.4, 0.5) is 23.7 Å². The lowest BCUT2D eigenvalue weighted by Gasteiger charge is -2.21. The van der Waals surface area contributed by atoms with Crippen molar-refractivity contribution >= 4 is 33.4 Å². The molecule has 1 saturated carbocycles. The van der Waals surface area contributed by atoms with E-state index in [4.69, 9.17) is 5.73 Å². The molecule has 1 saturated heterocycles. The van der Waals surface area contributed by atoms with Crippen LogP contribution in [0.2, 0.25) is 0 Å². The molecule has 0 radical (unpaired) electrons. The third-order valence-corrected chi connectivity index (χ3v) is 6.89. The number of aromatic nitrogens is 1. The highest BCUT2D eigenvalue weighted by Crippen LogP contribution is 2.49. The second-order valence-corrected chi connectivity index (χ2v) is 9.34. The monoisotopic (exact) mass is 468 g/mol. The standard InChI is InChI=1S/C19H15F3N4O5S/c20-19(21,22)32(30,31)13-3-1-12(2-4-13)26-16(28)18(6-7-18)25(17(26)29)10-11-5-8-24-14(9-11)15(23)27/h1-5,8-9H,6-7,10H2,(H2,23,27). The summed E-state index contributed by atoms with van der Waals surface area (Å²) in [4.78, 5) is 42.4. The highest BCUT2D eigenvalue weighted by molar-refractivity contribution is 7.92. The number of pyridine rings is 1. The summed E-state index contributed by atoms with van der Waals surface area (Å²) in [5.41, 5.74) is -0.907. The van der Waals surface area contributed by atoms with Crippen LogP contribution in [0.25, 0.3) is 0 Å². The normalized spacial score (nSPS) is 17.8. The van der Waals surface area contributed by atoms with Gasteiger partial charge in [0, 0.05) is 12.7 Å². The molecule has 168 valence electrons. The van der Waals surface area contributed by atoms with Crippen molar-refractivity contribution in [2.75, 3.05) is 4.90 Å². The van der Waals surface area contributed by atoms with Gasteiger partial charge < -0.3 is 10.6 Å². The van der Waals surface area contributed by atoms with Gasteiger partial charge in [-0.3, -0.25) is 14.6 Å². The molecule has 1 aliphatic heterocycles. The van der Waals surface area contributed by atoms with Crippen molar-refractivity contribution in [3.63, 3.8) is 0 Å². The van der Waals surface area contributed by atoms with Gasteiger partial charge in [0.1, 0.15) is 11.2 Å². The maximum atomic E-state index is 13.1. The Kier molecular flexibility index (Phi) is 4.77. The van der Waals surface area contributed by atoms with Gasteiger partial charge in [0.25, 0.3) is 21.7 Å². The minimum absolute atomic E-state index is 0.0105. The van der Waals surface area contributed by atoms with Crippen molar-refractivity contribution in [1.82, 2.24) is 9.88 Å². The van der Waals surface area contributed by atoms with Crippen molar-refractivity contribution in [2.45, 2.75) is 35.3 Å². The van der Waals surface area contributed by atoms with Gasteiger partial charge in [-0.2, -0.15) is 13.2 Å². The molecule has 2 heterocycles. The SMILES string of the molecule is NC(=O)c1cc(CN2C(=O)N(c3ccc(S(=O)(=O)C(F)(F)F)cc3)C(=O)C23CC3)ccn1. The summed E-state index contributed by atoms with van der Waals surface area (Å²) >= 11 is 0. The minimum Gasteiger partial charge on any atom is -0.364 e. The predicted octanol–water partition coefficient (Wildman–Crippen LogP) is 1.98. The predicted molar refractivity (Wildman–Crippen MR) is 103 cm³/mol. The number of carbonyl (C=O) groups is 3. The Morgan fingerprint density at radius 2 is 1.75 bits per heavy atom. The number of hydrogen-bond donors (Lipinski definition) is 1. The van der Waals surface area contributed by atoms with E-state index >= 15 is 0 Å². The Bertz CT molecular complexity index is 1240. The van der Waals surface area contributed by atoms with Crippen LogP contribution in [0.1, 0.15) is 28.9 Å². The minimum atomic E-state index is -5.56. The third kappa shape index (κ3) is 3.28. The zero-order chi connectivity index (χ0) is 23.5. The molecule has 0 unspecified atom stereocenters. The molecule has 0 bridgehead atoms. The number of benzene rings is 1. The number of rotatable bonds is 5. The highest BCUT2D eigenvalue weighted by atomic mass is 32.2. The van der Waals surface area contributed by atoms with E-state index in [1.807, 2.05) is 0 Å². The van der Waals surface area contributed by atoms with Crippen LogP contribution in [0.3, 0.4) is 0 Å². The molecule has 4 amide bonds. The van der Waals surface area contributed by atoms with E-state index in [2.05, 4.69) is 4.98 Å². The molecule has 1 aromatic heterocycles. The van der Waals surface area contributed by atoms with Crippen molar-refractivity contribution in [3.05, 3.63) is 53.9 Å². The number of hydrogen-bond acceptors (Lipinski definition) is 6. The number of primary amides is 1.